The largest absolute Gasteiger partial charge is 0.493 e. The van der Waals surface area contributed by atoms with Crippen molar-refractivity contribution in [3.63, 3.8) is 0 Å². The van der Waals surface area contributed by atoms with E-state index >= 15 is 0 Å². The van der Waals surface area contributed by atoms with Crippen LogP contribution in [0.3, 0.4) is 0 Å². The lowest BCUT2D eigenvalue weighted by molar-refractivity contribution is -0.170. The maximum atomic E-state index is 12.7. The molecule has 0 radical (unpaired) electrons. The second-order valence-electron chi connectivity index (χ2n) is 11.0. The van der Waals surface area contributed by atoms with Gasteiger partial charge in [0.1, 0.15) is 35.7 Å². The van der Waals surface area contributed by atoms with E-state index in [0.29, 0.717) is 19.1 Å². The Hall–Kier alpha value is -2.09. The Balaban J connectivity index is 1.33. The molecule has 1 aliphatic carbocycles. The van der Waals surface area contributed by atoms with Crippen molar-refractivity contribution in [1.82, 2.24) is 0 Å². The minimum Gasteiger partial charge on any atom is -0.493 e. The van der Waals surface area contributed by atoms with Crippen LogP contribution >= 0.6 is 0 Å². The summed E-state index contributed by atoms with van der Waals surface area (Å²) in [7, 11) is 1.69. The van der Waals surface area contributed by atoms with Crippen LogP contribution in [-0.2, 0) is 23.7 Å². The van der Waals surface area contributed by atoms with Gasteiger partial charge in [-0.1, -0.05) is 25.5 Å². The van der Waals surface area contributed by atoms with Gasteiger partial charge in [0.15, 0.2) is 0 Å². The number of methoxy groups -OCH3 is 1. The van der Waals surface area contributed by atoms with Crippen molar-refractivity contribution in [3.8, 4) is 5.75 Å². The molecule has 7 nitrogen and oxygen atoms in total. The summed E-state index contributed by atoms with van der Waals surface area (Å²) >= 11 is 0. The van der Waals surface area contributed by atoms with Crippen LogP contribution in [0.4, 0.5) is 5.69 Å². The molecule has 4 rings (SSSR count). The van der Waals surface area contributed by atoms with E-state index in [1.807, 2.05) is 24.3 Å². The fourth-order valence-corrected chi connectivity index (χ4v) is 5.39. The molecule has 2 saturated heterocycles. The molecule has 0 aromatic heterocycles. The first-order chi connectivity index (χ1) is 16.7. The number of epoxide rings is 2. The van der Waals surface area contributed by atoms with Crippen molar-refractivity contribution in [2.24, 2.45) is 11.8 Å². The summed E-state index contributed by atoms with van der Waals surface area (Å²) in [5, 5.41) is 3.15. The topological polar surface area (TPSA) is 81.9 Å². The summed E-state index contributed by atoms with van der Waals surface area (Å²) in [6, 6.07) is 7.62. The molecule has 6 atom stereocenters. The van der Waals surface area contributed by atoms with E-state index < -0.39 is 0 Å². The Morgan fingerprint density at radius 1 is 1.26 bits per heavy atom. The van der Waals surface area contributed by atoms with E-state index in [0.717, 1.165) is 30.7 Å². The number of rotatable bonds is 11. The molecular weight excluding hydrogens is 446 g/mol. The van der Waals surface area contributed by atoms with Crippen molar-refractivity contribution < 1.29 is 28.5 Å². The van der Waals surface area contributed by atoms with E-state index in [1.165, 1.54) is 5.57 Å². The van der Waals surface area contributed by atoms with Gasteiger partial charge < -0.3 is 29.0 Å². The van der Waals surface area contributed by atoms with Crippen LogP contribution in [0.2, 0.25) is 0 Å². The monoisotopic (exact) mass is 487 g/mol. The van der Waals surface area contributed by atoms with E-state index in [-0.39, 0.29) is 47.9 Å². The number of hydrogen-bond donors (Lipinski definition) is 1. The van der Waals surface area contributed by atoms with Crippen LogP contribution in [0.15, 0.2) is 35.9 Å². The normalized spacial score (nSPS) is 33.3. The lowest BCUT2D eigenvalue weighted by Crippen LogP contribution is -2.55. The number of benzene rings is 1. The minimum absolute atomic E-state index is 0.0217. The van der Waals surface area contributed by atoms with E-state index in [9.17, 15) is 4.79 Å². The summed E-state index contributed by atoms with van der Waals surface area (Å²) in [5.41, 5.74) is 1.56. The second kappa shape index (κ2) is 10.5. The van der Waals surface area contributed by atoms with Gasteiger partial charge in [-0.15, -0.1) is 0 Å². The molecule has 2 aliphatic heterocycles. The SMILES string of the molecule is COC1C(OC(=O)CNc2ccc(OCC(C)C)cc2)CCC2(CO2)C1C1(C)OC1CC=C(C)C. The number of carbonyl (C=O) groups is 1. The number of ether oxygens (including phenoxy) is 5. The lowest BCUT2D eigenvalue weighted by atomic mass is 9.68. The Morgan fingerprint density at radius 2 is 1.97 bits per heavy atom. The number of nitrogens with one attached hydrogen (secondary N) is 1. The Labute approximate surface area is 209 Å². The van der Waals surface area contributed by atoms with Gasteiger partial charge in [0.05, 0.1) is 25.2 Å². The lowest BCUT2D eigenvalue weighted by Gasteiger charge is -2.42. The number of hydrogen-bond acceptors (Lipinski definition) is 7. The Kier molecular flexibility index (Phi) is 7.79. The third kappa shape index (κ3) is 6.01. The third-order valence-corrected chi connectivity index (χ3v) is 7.39. The fourth-order valence-electron chi connectivity index (χ4n) is 5.39. The molecule has 2 heterocycles. The van der Waals surface area contributed by atoms with Crippen LogP contribution in [0.5, 0.6) is 5.75 Å². The zero-order chi connectivity index (χ0) is 25.2. The molecule has 0 bridgehead atoms. The molecule has 6 unspecified atom stereocenters. The summed E-state index contributed by atoms with van der Waals surface area (Å²) in [5.74, 6) is 1.01. The number of allylic oxidation sites excluding steroid dienone is 1. The van der Waals surface area contributed by atoms with Gasteiger partial charge in [0.2, 0.25) is 0 Å². The molecule has 0 amide bonds. The first-order valence-corrected chi connectivity index (χ1v) is 12.8. The summed E-state index contributed by atoms with van der Waals surface area (Å²) in [6.45, 7) is 12.1. The Bertz CT molecular complexity index is 905. The maximum absolute atomic E-state index is 12.7. The van der Waals surface area contributed by atoms with Gasteiger partial charge in [-0.3, -0.25) is 4.79 Å². The quantitative estimate of drug-likeness (QED) is 0.274. The van der Waals surface area contributed by atoms with Gasteiger partial charge in [-0.25, -0.2) is 0 Å². The highest BCUT2D eigenvalue weighted by atomic mass is 16.6. The molecule has 1 saturated carbocycles. The summed E-state index contributed by atoms with van der Waals surface area (Å²) in [4.78, 5) is 12.7. The average Bonchev–Trinajstić information content (AvgIpc) is 3.74. The molecule has 3 fully saturated rings. The van der Waals surface area contributed by atoms with E-state index in [4.69, 9.17) is 23.7 Å². The summed E-state index contributed by atoms with van der Waals surface area (Å²) in [6.07, 6.45) is 4.18. The predicted octanol–water partition coefficient (Wildman–Crippen LogP) is 4.75. The second-order valence-corrected chi connectivity index (χ2v) is 11.0. The Morgan fingerprint density at radius 3 is 2.57 bits per heavy atom. The number of carbonyl (C=O) groups excluding carboxylic acids is 1. The maximum Gasteiger partial charge on any atom is 0.325 e. The molecule has 194 valence electrons. The van der Waals surface area contributed by atoms with Crippen LogP contribution in [0, 0.1) is 11.8 Å². The number of anilines is 1. The van der Waals surface area contributed by atoms with Crippen LogP contribution < -0.4 is 10.1 Å². The van der Waals surface area contributed by atoms with Gasteiger partial charge in [0, 0.05) is 12.8 Å². The van der Waals surface area contributed by atoms with Crippen molar-refractivity contribution in [3.05, 3.63) is 35.9 Å². The highest BCUT2D eigenvalue weighted by Crippen LogP contribution is 2.59. The molecule has 1 aromatic rings. The van der Waals surface area contributed by atoms with Gasteiger partial charge >= 0.3 is 5.97 Å². The van der Waals surface area contributed by atoms with Crippen molar-refractivity contribution >= 4 is 11.7 Å². The predicted molar refractivity (Wildman–Crippen MR) is 135 cm³/mol. The highest BCUT2D eigenvalue weighted by molar-refractivity contribution is 5.75. The minimum atomic E-state index is -0.341. The highest BCUT2D eigenvalue weighted by Gasteiger charge is 2.72. The standard InChI is InChI=1S/C28H41NO6/c1-18(2)7-12-23-27(5,35-23)26-25(31-6)22(13-14-28(26)17-33-28)34-24(30)15-29-20-8-10-21(11-9-20)32-16-19(3)4/h7-11,19,22-23,25-26,29H,12-17H2,1-6H3. The zero-order valence-corrected chi connectivity index (χ0v) is 22.0. The zero-order valence-electron chi connectivity index (χ0n) is 22.0. The van der Waals surface area contributed by atoms with Gasteiger partial charge in [-0.05, 0) is 70.2 Å². The molecule has 7 heteroatoms. The summed E-state index contributed by atoms with van der Waals surface area (Å²) < 4.78 is 29.8. The van der Waals surface area contributed by atoms with Crippen LogP contribution in [0.1, 0.15) is 53.9 Å². The first kappa shape index (κ1) is 26.0. The van der Waals surface area contributed by atoms with Crippen molar-refractivity contribution in [2.45, 2.75) is 83.4 Å². The molecule has 35 heavy (non-hydrogen) atoms. The van der Waals surface area contributed by atoms with Gasteiger partial charge in [-0.2, -0.15) is 0 Å². The molecule has 1 spiro atoms. The molecule has 3 aliphatic rings. The molecular formula is C28H41NO6. The van der Waals surface area contributed by atoms with E-state index in [2.05, 4.69) is 46.0 Å². The smallest absolute Gasteiger partial charge is 0.325 e. The fraction of sp³-hybridized carbons (Fsp3) is 0.679. The van der Waals surface area contributed by atoms with Crippen molar-refractivity contribution in [1.29, 1.82) is 0 Å². The van der Waals surface area contributed by atoms with E-state index in [1.54, 1.807) is 7.11 Å². The number of esters is 1. The van der Waals surface area contributed by atoms with Crippen molar-refractivity contribution in [2.75, 3.05) is 32.2 Å². The van der Waals surface area contributed by atoms with Crippen LogP contribution in [0.25, 0.3) is 0 Å². The third-order valence-electron chi connectivity index (χ3n) is 7.39. The average molecular weight is 488 g/mol. The molecule has 1 aromatic carbocycles. The molecule has 1 N–H and O–H groups in total. The van der Waals surface area contributed by atoms with Crippen LogP contribution in [-0.4, -0.2) is 62.4 Å². The van der Waals surface area contributed by atoms with Gasteiger partial charge in [0.25, 0.3) is 0 Å². The first-order valence-electron chi connectivity index (χ1n) is 12.8.